The lowest BCUT2D eigenvalue weighted by atomic mass is 10.1. The number of rotatable bonds is 4. The Labute approximate surface area is 126 Å². The minimum atomic E-state index is 0.325. The van der Waals surface area contributed by atoms with Gasteiger partial charge in [0, 0.05) is 31.4 Å². The SMILES string of the molecule is CC1CN(CCn2cc(-c3ccccc3)cn2)CC(C)O1. The van der Waals surface area contributed by atoms with Gasteiger partial charge in [0.15, 0.2) is 0 Å². The highest BCUT2D eigenvalue weighted by Gasteiger charge is 2.21. The summed E-state index contributed by atoms with van der Waals surface area (Å²) < 4.78 is 7.80. The maximum absolute atomic E-state index is 5.77. The van der Waals surface area contributed by atoms with E-state index in [0.717, 1.165) is 26.2 Å². The first-order chi connectivity index (χ1) is 10.2. The Morgan fingerprint density at radius 3 is 2.48 bits per heavy atom. The van der Waals surface area contributed by atoms with Crippen LogP contribution >= 0.6 is 0 Å². The monoisotopic (exact) mass is 285 g/mol. The van der Waals surface area contributed by atoms with Crippen LogP contribution in [0.15, 0.2) is 42.7 Å². The Morgan fingerprint density at radius 2 is 1.76 bits per heavy atom. The molecule has 0 N–H and O–H groups in total. The average molecular weight is 285 g/mol. The second-order valence-electron chi connectivity index (χ2n) is 5.88. The van der Waals surface area contributed by atoms with E-state index in [0.29, 0.717) is 12.2 Å². The zero-order valence-corrected chi connectivity index (χ0v) is 12.8. The second kappa shape index (κ2) is 6.41. The number of hydrogen-bond donors (Lipinski definition) is 0. The van der Waals surface area contributed by atoms with Gasteiger partial charge in [-0.1, -0.05) is 30.3 Å². The third kappa shape index (κ3) is 3.71. The van der Waals surface area contributed by atoms with Crippen LogP contribution in [0, 0.1) is 0 Å². The lowest BCUT2D eigenvalue weighted by Crippen LogP contribution is -2.46. The van der Waals surface area contributed by atoms with E-state index < -0.39 is 0 Å². The van der Waals surface area contributed by atoms with Crippen molar-refractivity contribution in [3.8, 4) is 11.1 Å². The molecule has 0 amide bonds. The molecule has 4 heteroatoms. The van der Waals surface area contributed by atoms with Crippen LogP contribution in [-0.4, -0.2) is 46.5 Å². The summed E-state index contributed by atoms with van der Waals surface area (Å²) in [7, 11) is 0. The molecule has 0 saturated carbocycles. The van der Waals surface area contributed by atoms with E-state index in [-0.39, 0.29) is 0 Å². The lowest BCUT2D eigenvalue weighted by Gasteiger charge is -2.35. The molecule has 1 aromatic carbocycles. The average Bonchev–Trinajstić information content (AvgIpc) is 2.94. The van der Waals surface area contributed by atoms with Crippen molar-refractivity contribution < 1.29 is 4.74 Å². The van der Waals surface area contributed by atoms with Crippen molar-refractivity contribution in [1.82, 2.24) is 14.7 Å². The second-order valence-corrected chi connectivity index (χ2v) is 5.88. The van der Waals surface area contributed by atoms with Gasteiger partial charge in [-0.25, -0.2) is 0 Å². The molecular formula is C17H23N3O. The molecule has 2 heterocycles. The van der Waals surface area contributed by atoms with Gasteiger partial charge in [-0.05, 0) is 19.4 Å². The van der Waals surface area contributed by atoms with Gasteiger partial charge in [-0.2, -0.15) is 5.10 Å². The van der Waals surface area contributed by atoms with Crippen LogP contribution in [0.3, 0.4) is 0 Å². The largest absolute Gasteiger partial charge is 0.373 e. The zero-order chi connectivity index (χ0) is 14.7. The van der Waals surface area contributed by atoms with Gasteiger partial charge in [0.05, 0.1) is 24.9 Å². The molecule has 0 spiro atoms. The maximum atomic E-state index is 5.77. The van der Waals surface area contributed by atoms with Crippen molar-refractivity contribution in [3.05, 3.63) is 42.7 Å². The van der Waals surface area contributed by atoms with Crippen molar-refractivity contribution >= 4 is 0 Å². The molecule has 1 saturated heterocycles. The van der Waals surface area contributed by atoms with Gasteiger partial charge in [0.1, 0.15) is 0 Å². The number of aromatic nitrogens is 2. The predicted octanol–water partition coefficient (Wildman–Crippen LogP) is 2.66. The standard InChI is InChI=1S/C17H23N3O/c1-14-11-19(12-15(2)21-14)8-9-20-13-17(10-18-20)16-6-4-3-5-7-16/h3-7,10,13-15H,8-9,11-12H2,1-2H3. The third-order valence-electron chi connectivity index (χ3n) is 3.88. The Bertz CT molecular complexity index is 556. The predicted molar refractivity (Wildman–Crippen MR) is 84.1 cm³/mol. The molecular weight excluding hydrogens is 262 g/mol. The van der Waals surface area contributed by atoms with Crippen molar-refractivity contribution in [2.75, 3.05) is 19.6 Å². The van der Waals surface area contributed by atoms with Crippen LogP contribution in [0.4, 0.5) is 0 Å². The molecule has 1 fully saturated rings. The molecule has 112 valence electrons. The Hall–Kier alpha value is -1.65. The Balaban J connectivity index is 1.58. The summed E-state index contributed by atoms with van der Waals surface area (Å²) in [4.78, 5) is 2.46. The number of hydrogen-bond acceptors (Lipinski definition) is 3. The zero-order valence-electron chi connectivity index (χ0n) is 12.8. The molecule has 4 nitrogen and oxygen atoms in total. The quantitative estimate of drug-likeness (QED) is 0.865. The Kier molecular flexibility index (Phi) is 4.36. The highest BCUT2D eigenvalue weighted by atomic mass is 16.5. The topological polar surface area (TPSA) is 30.3 Å². The van der Waals surface area contributed by atoms with Gasteiger partial charge in [-0.3, -0.25) is 9.58 Å². The first-order valence-electron chi connectivity index (χ1n) is 7.66. The molecule has 0 aliphatic carbocycles. The highest BCUT2D eigenvalue weighted by Crippen LogP contribution is 2.17. The first kappa shape index (κ1) is 14.3. The van der Waals surface area contributed by atoms with E-state index in [2.05, 4.69) is 54.3 Å². The molecule has 0 bridgehead atoms. The van der Waals surface area contributed by atoms with E-state index in [9.17, 15) is 0 Å². The molecule has 1 aromatic heterocycles. The van der Waals surface area contributed by atoms with E-state index in [4.69, 9.17) is 4.74 Å². The van der Waals surface area contributed by atoms with E-state index in [1.807, 2.05) is 16.9 Å². The molecule has 2 unspecified atom stereocenters. The molecule has 1 aliphatic rings. The minimum Gasteiger partial charge on any atom is -0.373 e. The van der Waals surface area contributed by atoms with E-state index >= 15 is 0 Å². The van der Waals surface area contributed by atoms with Crippen LogP contribution in [0.25, 0.3) is 11.1 Å². The molecule has 3 rings (SSSR count). The van der Waals surface area contributed by atoms with Gasteiger partial charge >= 0.3 is 0 Å². The van der Waals surface area contributed by atoms with Gasteiger partial charge in [0.25, 0.3) is 0 Å². The molecule has 0 radical (unpaired) electrons. The van der Waals surface area contributed by atoms with Crippen LogP contribution in [-0.2, 0) is 11.3 Å². The van der Waals surface area contributed by atoms with Crippen molar-refractivity contribution in [2.45, 2.75) is 32.6 Å². The summed E-state index contributed by atoms with van der Waals surface area (Å²) in [5.41, 5.74) is 2.40. The number of morpholine rings is 1. The minimum absolute atomic E-state index is 0.325. The lowest BCUT2D eigenvalue weighted by molar-refractivity contribution is -0.0687. The van der Waals surface area contributed by atoms with Crippen LogP contribution < -0.4 is 0 Å². The summed E-state index contributed by atoms with van der Waals surface area (Å²) in [6.45, 7) is 8.25. The molecule has 2 atom stereocenters. The molecule has 1 aliphatic heterocycles. The Morgan fingerprint density at radius 1 is 1.05 bits per heavy atom. The maximum Gasteiger partial charge on any atom is 0.0678 e. The fourth-order valence-corrected chi connectivity index (χ4v) is 2.98. The van der Waals surface area contributed by atoms with Gasteiger partial charge < -0.3 is 4.74 Å². The summed E-state index contributed by atoms with van der Waals surface area (Å²) in [5, 5.41) is 4.47. The fourth-order valence-electron chi connectivity index (χ4n) is 2.98. The first-order valence-corrected chi connectivity index (χ1v) is 7.66. The van der Waals surface area contributed by atoms with Crippen LogP contribution in [0.1, 0.15) is 13.8 Å². The summed E-state index contributed by atoms with van der Waals surface area (Å²) >= 11 is 0. The van der Waals surface area contributed by atoms with Crippen LogP contribution in [0.5, 0.6) is 0 Å². The molecule has 2 aromatic rings. The van der Waals surface area contributed by atoms with Gasteiger partial charge in [-0.15, -0.1) is 0 Å². The summed E-state index contributed by atoms with van der Waals surface area (Å²) in [6.07, 6.45) is 4.72. The number of benzene rings is 1. The number of nitrogens with zero attached hydrogens (tertiary/aromatic N) is 3. The summed E-state index contributed by atoms with van der Waals surface area (Å²) in [5.74, 6) is 0. The highest BCUT2D eigenvalue weighted by molar-refractivity contribution is 5.61. The number of ether oxygens (including phenoxy) is 1. The van der Waals surface area contributed by atoms with Gasteiger partial charge in [0.2, 0.25) is 0 Å². The van der Waals surface area contributed by atoms with Crippen LogP contribution in [0.2, 0.25) is 0 Å². The smallest absolute Gasteiger partial charge is 0.0678 e. The van der Waals surface area contributed by atoms with Crippen molar-refractivity contribution in [2.24, 2.45) is 0 Å². The third-order valence-corrected chi connectivity index (χ3v) is 3.88. The van der Waals surface area contributed by atoms with Crippen molar-refractivity contribution in [1.29, 1.82) is 0 Å². The summed E-state index contributed by atoms with van der Waals surface area (Å²) in [6, 6.07) is 10.4. The van der Waals surface area contributed by atoms with E-state index in [1.54, 1.807) is 0 Å². The fraction of sp³-hybridized carbons (Fsp3) is 0.471. The van der Waals surface area contributed by atoms with E-state index in [1.165, 1.54) is 11.1 Å². The van der Waals surface area contributed by atoms with Crippen molar-refractivity contribution in [3.63, 3.8) is 0 Å². The normalized spacial score (nSPS) is 23.3. The molecule has 21 heavy (non-hydrogen) atoms.